The van der Waals surface area contributed by atoms with Crippen molar-refractivity contribution in [3.05, 3.63) is 58.9 Å². The molecule has 2 heterocycles. The minimum atomic E-state index is -0.486. The highest BCUT2D eigenvalue weighted by Crippen LogP contribution is 2.32. The van der Waals surface area contributed by atoms with Crippen LogP contribution in [0.3, 0.4) is 0 Å². The molecule has 7 heteroatoms. The summed E-state index contributed by atoms with van der Waals surface area (Å²) in [4.78, 5) is 17.7. The SMILES string of the molecule is Cc1ccc(F)c2c1NC(C(=O)Nc1cccc(C3NCON3)c1)C2. The minimum Gasteiger partial charge on any atom is -0.373 e. The maximum absolute atomic E-state index is 14.0. The first-order valence-electron chi connectivity index (χ1n) is 8.18. The number of carbonyl (C=O) groups is 1. The quantitative estimate of drug-likeness (QED) is 0.688. The second kappa shape index (κ2) is 6.44. The maximum atomic E-state index is 14.0. The number of rotatable bonds is 3. The van der Waals surface area contributed by atoms with E-state index in [0.717, 1.165) is 16.8 Å². The fourth-order valence-corrected chi connectivity index (χ4v) is 3.23. The van der Waals surface area contributed by atoms with Crippen molar-refractivity contribution < 1.29 is 14.0 Å². The molecule has 0 radical (unpaired) electrons. The van der Waals surface area contributed by atoms with E-state index in [1.54, 1.807) is 6.07 Å². The molecule has 0 spiro atoms. The maximum Gasteiger partial charge on any atom is 0.247 e. The molecule has 2 aromatic carbocycles. The van der Waals surface area contributed by atoms with Gasteiger partial charge in [0.05, 0.1) is 0 Å². The molecular formula is C18H19FN4O2. The summed E-state index contributed by atoms with van der Waals surface area (Å²) >= 11 is 0. The lowest BCUT2D eigenvalue weighted by atomic mass is 10.1. The van der Waals surface area contributed by atoms with Crippen molar-refractivity contribution in [3.8, 4) is 0 Å². The van der Waals surface area contributed by atoms with Crippen LogP contribution in [0.5, 0.6) is 0 Å². The van der Waals surface area contributed by atoms with E-state index in [1.165, 1.54) is 6.07 Å². The highest BCUT2D eigenvalue weighted by atomic mass is 19.1. The first kappa shape index (κ1) is 16.0. The van der Waals surface area contributed by atoms with Crippen LogP contribution in [0.25, 0.3) is 0 Å². The van der Waals surface area contributed by atoms with Crippen molar-refractivity contribution >= 4 is 17.3 Å². The average molecular weight is 342 g/mol. The molecule has 1 saturated heterocycles. The number of hydrogen-bond acceptors (Lipinski definition) is 5. The predicted molar refractivity (Wildman–Crippen MR) is 92.3 cm³/mol. The molecule has 2 unspecified atom stereocenters. The van der Waals surface area contributed by atoms with Crippen molar-refractivity contribution in [1.29, 1.82) is 0 Å². The number of hydrogen-bond donors (Lipinski definition) is 4. The van der Waals surface area contributed by atoms with Crippen LogP contribution in [0.1, 0.15) is 22.9 Å². The molecule has 0 aromatic heterocycles. The Hall–Kier alpha value is -2.48. The smallest absolute Gasteiger partial charge is 0.247 e. The largest absolute Gasteiger partial charge is 0.373 e. The monoisotopic (exact) mass is 342 g/mol. The number of amides is 1. The van der Waals surface area contributed by atoms with E-state index in [-0.39, 0.29) is 17.9 Å². The molecule has 6 nitrogen and oxygen atoms in total. The summed E-state index contributed by atoms with van der Waals surface area (Å²) in [6.45, 7) is 2.33. The highest BCUT2D eigenvalue weighted by Gasteiger charge is 2.30. The topological polar surface area (TPSA) is 74.4 Å². The Morgan fingerprint density at radius 2 is 2.20 bits per heavy atom. The summed E-state index contributed by atoms with van der Waals surface area (Å²) in [6.07, 6.45) is 0.232. The van der Waals surface area contributed by atoms with Crippen LogP contribution in [0, 0.1) is 12.7 Å². The molecular weight excluding hydrogens is 323 g/mol. The van der Waals surface area contributed by atoms with Crippen molar-refractivity contribution in [2.75, 3.05) is 17.4 Å². The van der Waals surface area contributed by atoms with Crippen LogP contribution in [0.15, 0.2) is 36.4 Å². The molecule has 2 aliphatic rings. The zero-order chi connectivity index (χ0) is 17.4. The number of anilines is 2. The molecule has 4 rings (SSSR count). The molecule has 2 aliphatic heterocycles. The average Bonchev–Trinajstić information content (AvgIpc) is 3.28. The third-order valence-corrected chi connectivity index (χ3v) is 4.56. The third kappa shape index (κ3) is 3.09. The highest BCUT2D eigenvalue weighted by molar-refractivity contribution is 5.98. The van der Waals surface area contributed by atoms with Crippen molar-refractivity contribution in [2.24, 2.45) is 0 Å². The van der Waals surface area contributed by atoms with Crippen LogP contribution in [0.4, 0.5) is 15.8 Å². The number of hydroxylamine groups is 1. The van der Waals surface area contributed by atoms with Gasteiger partial charge < -0.3 is 10.6 Å². The second-order valence-corrected chi connectivity index (χ2v) is 6.28. The summed E-state index contributed by atoms with van der Waals surface area (Å²) in [5, 5.41) is 9.17. The molecule has 2 atom stereocenters. The molecule has 2 aromatic rings. The van der Waals surface area contributed by atoms with Crippen LogP contribution >= 0.6 is 0 Å². The Bertz CT molecular complexity index is 790. The van der Waals surface area contributed by atoms with Crippen molar-refractivity contribution in [2.45, 2.75) is 25.6 Å². The van der Waals surface area contributed by atoms with Crippen LogP contribution in [0.2, 0.25) is 0 Å². The molecule has 1 amide bonds. The van der Waals surface area contributed by atoms with Gasteiger partial charge in [-0.05, 0) is 36.2 Å². The van der Waals surface area contributed by atoms with E-state index in [2.05, 4.69) is 21.4 Å². The first-order valence-corrected chi connectivity index (χ1v) is 8.18. The van der Waals surface area contributed by atoms with E-state index >= 15 is 0 Å². The minimum absolute atomic E-state index is 0.109. The number of benzene rings is 2. The molecule has 0 aliphatic carbocycles. The number of nitrogens with one attached hydrogen (secondary N) is 4. The van der Waals surface area contributed by atoms with Crippen molar-refractivity contribution in [1.82, 2.24) is 10.8 Å². The molecule has 0 saturated carbocycles. The van der Waals surface area contributed by atoms with Gasteiger partial charge in [0.25, 0.3) is 0 Å². The summed E-state index contributed by atoms with van der Waals surface area (Å²) in [6, 6.07) is 10.2. The van der Waals surface area contributed by atoms with E-state index < -0.39 is 6.04 Å². The standard InChI is InChI=1S/C18H19FN4O2/c1-10-5-6-14(19)13-8-15(22-16(10)13)18(24)21-12-4-2-3-11(7-12)17-20-9-25-23-17/h2-7,15,17,20,22-23H,8-9H2,1H3,(H,21,24). The Morgan fingerprint density at radius 3 is 2.96 bits per heavy atom. The zero-order valence-corrected chi connectivity index (χ0v) is 13.7. The fourth-order valence-electron chi connectivity index (χ4n) is 3.23. The van der Waals surface area contributed by atoms with Crippen LogP contribution in [-0.4, -0.2) is 18.7 Å². The summed E-state index contributed by atoms with van der Waals surface area (Å²) in [5.74, 6) is -0.459. The number of carbonyl (C=O) groups excluding carboxylic acids is 1. The van der Waals surface area contributed by atoms with Gasteiger partial charge >= 0.3 is 0 Å². The molecule has 0 bridgehead atoms. The van der Waals surface area contributed by atoms with Gasteiger partial charge in [-0.15, -0.1) is 0 Å². The van der Waals surface area contributed by atoms with Crippen LogP contribution in [-0.2, 0) is 16.1 Å². The number of halogens is 1. The lowest BCUT2D eigenvalue weighted by Gasteiger charge is -2.15. The fraction of sp³-hybridized carbons (Fsp3) is 0.278. The molecule has 1 fully saturated rings. The number of fused-ring (bicyclic) bond motifs is 1. The first-order chi connectivity index (χ1) is 12.1. The number of aryl methyl sites for hydroxylation is 1. The van der Waals surface area contributed by atoms with Gasteiger partial charge in [0.1, 0.15) is 24.8 Å². The Kier molecular flexibility index (Phi) is 4.12. The molecule has 4 N–H and O–H groups in total. The van der Waals surface area contributed by atoms with Gasteiger partial charge in [-0.2, -0.15) is 5.48 Å². The van der Waals surface area contributed by atoms with E-state index in [0.29, 0.717) is 24.4 Å². The normalized spacial score (nSPS) is 21.7. The Morgan fingerprint density at radius 1 is 1.32 bits per heavy atom. The van der Waals surface area contributed by atoms with E-state index in [1.807, 2.05) is 31.2 Å². The zero-order valence-electron chi connectivity index (χ0n) is 13.7. The Labute approximate surface area is 144 Å². The van der Waals surface area contributed by atoms with Gasteiger partial charge in [-0.25, -0.2) is 4.39 Å². The lowest BCUT2D eigenvalue weighted by Crippen LogP contribution is -2.33. The van der Waals surface area contributed by atoms with E-state index in [9.17, 15) is 9.18 Å². The lowest BCUT2D eigenvalue weighted by molar-refractivity contribution is -0.116. The Balaban J connectivity index is 1.47. The van der Waals surface area contributed by atoms with E-state index in [4.69, 9.17) is 4.84 Å². The van der Waals surface area contributed by atoms with Gasteiger partial charge in [-0.3, -0.25) is 14.9 Å². The van der Waals surface area contributed by atoms with Gasteiger partial charge in [0.2, 0.25) is 5.91 Å². The van der Waals surface area contributed by atoms with Gasteiger partial charge in [-0.1, -0.05) is 18.2 Å². The van der Waals surface area contributed by atoms with Gasteiger partial charge in [0, 0.05) is 23.4 Å². The second-order valence-electron chi connectivity index (χ2n) is 6.28. The summed E-state index contributed by atoms with van der Waals surface area (Å²) in [7, 11) is 0. The summed E-state index contributed by atoms with van der Waals surface area (Å²) < 4.78 is 14.0. The summed E-state index contributed by atoms with van der Waals surface area (Å²) in [5.41, 5.74) is 6.74. The third-order valence-electron chi connectivity index (χ3n) is 4.56. The van der Waals surface area contributed by atoms with Crippen molar-refractivity contribution in [3.63, 3.8) is 0 Å². The molecule has 130 valence electrons. The van der Waals surface area contributed by atoms with Crippen LogP contribution < -0.4 is 21.4 Å². The van der Waals surface area contributed by atoms with Gasteiger partial charge in [0.15, 0.2) is 0 Å². The predicted octanol–water partition coefficient (Wildman–Crippen LogP) is 2.19. The molecule has 25 heavy (non-hydrogen) atoms.